The maximum Gasteiger partial charge on any atom is 0.271 e. The van der Waals surface area contributed by atoms with Crippen LogP contribution in [0.5, 0.6) is 0 Å². The lowest BCUT2D eigenvalue weighted by atomic mass is 9.84. The normalized spacial score (nSPS) is 21.3. The Labute approximate surface area is 138 Å². The van der Waals surface area contributed by atoms with Gasteiger partial charge in [-0.15, -0.1) is 23.7 Å². The van der Waals surface area contributed by atoms with E-state index < -0.39 is 0 Å². The Morgan fingerprint density at radius 2 is 2.23 bits per heavy atom. The highest BCUT2D eigenvalue weighted by atomic mass is 35.5. The first-order valence-electron chi connectivity index (χ1n) is 7.16. The number of amides is 1. The van der Waals surface area contributed by atoms with E-state index in [0.717, 1.165) is 25.7 Å². The molecule has 2 unspecified atom stereocenters. The number of hydrogen-bond donors (Lipinski definition) is 2. The van der Waals surface area contributed by atoms with Crippen LogP contribution in [-0.4, -0.2) is 27.9 Å². The van der Waals surface area contributed by atoms with Crippen molar-refractivity contribution < 1.29 is 4.79 Å². The van der Waals surface area contributed by atoms with Crippen molar-refractivity contribution in [1.82, 2.24) is 14.7 Å². The standard InChI is InChI=1S/C14H18N4O2S.ClH/c15-7-9-3-1-2-4-11(9)17-12(19)10-8-16-14-18(13(10)20)5-6-21-14;/h5-6,8-9,11H,1-4,7,15H2,(H,17,19);1H. The fourth-order valence-electron chi connectivity index (χ4n) is 2.91. The number of nitrogens with two attached hydrogens (primary N) is 1. The Hall–Kier alpha value is -1.44. The van der Waals surface area contributed by atoms with Crippen LogP contribution in [0.3, 0.4) is 0 Å². The smallest absolute Gasteiger partial charge is 0.271 e. The molecule has 1 aliphatic carbocycles. The van der Waals surface area contributed by atoms with Gasteiger partial charge in [0.2, 0.25) is 0 Å². The number of aromatic nitrogens is 2. The molecular weight excluding hydrogens is 324 g/mol. The molecule has 0 bridgehead atoms. The van der Waals surface area contributed by atoms with Crippen LogP contribution >= 0.6 is 23.7 Å². The largest absolute Gasteiger partial charge is 0.349 e. The third-order valence-corrected chi connectivity index (χ3v) is 4.89. The van der Waals surface area contributed by atoms with Gasteiger partial charge in [0.25, 0.3) is 11.5 Å². The molecule has 8 heteroatoms. The molecule has 0 radical (unpaired) electrons. The van der Waals surface area contributed by atoms with Crippen molar-refractivity contribution in [3.63, 3.8) is 0 Å². The van der Waals surface area contributed by atoms with Gasteiger partial charge < -0.3 is 11.1 Å². The Balaban J connectivity index is 0.00000176. The van der Waals surface area contributed by atoms with E-state index in [1.54, 1.807) is 11.6 Å². The minimum Gasteiger partial charge on any atom is -0.349 e. The summed E-state index contributed by atoms with van der Waals surface area (Å²) >= 11 is 1.37. The van der Waals surface area contributed by atoms with Crippen LogP contribution in [0.1, 0.15) is 36.0 Å². The summed E-state index contributed by atoms with van der Waals surface area (Å²) in [7, 11) is 0. The van der Waals surface area contributed by atoms with Crippen LogP contribution in [0.2, 0.25) is 0 Å². The predicted octanol–water partition coefficient (Wildman–Crippen LogP) is 1.43. The molecule has 120 valence electrons. The fourth-order valence-corrected chi connectivity index (χ4v) is 3.58. The highest BCUT2D eigenvalue weighted by Crippen LogP contribution is 2.23. The van der Waals surface area contributed by atoms with Gasteiger partial charge in [-0.2, -0.15) is 0 Å². The number of nitrogens with zero attached hydrogens (tertiary/aromatic N) is 2. The predicted molar refractivity (Wildman–Crippen MR) is 88.9 cm³/mol. The molecule has 22 heavy (non-hydrogen) atoms. The van der Waals surface area contributed by atoms with Crippen molar-refractivity contribution in [3.8, 4) is 0 Å². The summed E-state index contributed by atoms with van der Waals surface area (Å²) in [6, 6.07) is 0.0545. The van der Waals surface area contributed by atoms with Gasteiger partial charge in [-0.3, -0.25) is 14.0 Å². The van der Waals surface area contributed by atoms with Gasteiger partial charge in [-0.05, 0) is 25.3 Å². The monoisotopic (exact) mass is 342 g/mol. The van der Waals surface area contributed by atoms with E-state index in [1.165, 1.54) is 21.9 Å². The Morgan fingerprint density at radius 1 is 1.45 bits per heavy atom. The minimum atomic E-state index is -0.349. The molecule has 2 aromatic rings. The summed E-state index contributed by atoms with van der Waals surface area (Å²) in [5, 5.41) is 4.74. The number of halogens is 1. The average molecular weight is 343 g/mol. The van der Waals surface area contributed by atoms with E-state index in [9.17, 15) is 9.59 Å². The summed E-state index contributed by atoms with van der Waals surface area (Å²) in [5.41, 5.74) is 5.54. The molecule has 3 rings (SSSR count). The zero-order valence-electron chi connectivity index (χ0n) is 12.0. The van der Waals surface area contributed by atoms with Crippen LogP contribution in [0, 0.1) is 5.92 Å². The zero-order chi connectivity index (χ0) is 14.8. The quantitative estimate of drug-likeness (QED) is 0.882. The lowest BCUT2D eigenvalue weighted by Crippen LogP contribution is -2.46. The third-order valence-electron chi connectivity index (χ3n) is 4.12. The van der Waals surface area contributed by atoms with Crippen molar-refractivity contribution in [1.29, 1.82) is 0 Å². The summed E-state index contributed by atoms with van der Waals surface area (Å²) in [6.07, 6.45) is 7.19. The summed E-state index contributed by atoms with van der Waals surface area (Å²) in [6.45, 7) is 0.561. The average Bonchev–Trinajstić information content (AvgIpc) is 2.97. The van der Waals surface area contributed by atoms with E-state index in [1.807, 2.05) is 0 Å². The van der Waals surface area contributed by atoms with Crippen molar-refractivity contribution >= 4 is 34.6 Å². The third kappa shape index (κ3) is 3.16. The van der Waals surface area contributed by atoms with Crippen LogP contribution in [-0.2, 0) is 0 Å². The van der Waals surface area contributed by atoms with Crippen molar-refractivity contribution in [3.05, 3.63) is 33.7 Å². The summed E-state index contributed by atoms with van der Waals surface area (Å²) in [5.74, 6) is -0.0539. The first-order chi connectivity index (χ1) is 10.2. The molecule has 0 spiro atoms. The first-order valence-corrected chi connectivity index (χ1v) is 8.04. The molecule has 1 saturated carbocycles. The molecule has 1 aliphatic rings. The van der Waals surface area contributed by atoms with Crippen molar-refractivity contribution in [2.75, 3.05) is 6.54 Å². The molecule has 0 aromatic carbocycles. The van der Waals surface area contributed by atoms with Crippen LogP contribution in [0.4, 0.5) is 0 Å². The number of hydrogen-bond acceptors (Lipinski definition) is 5. The maximum absolute atomic E-state index is 12.4. The summed E-state index contributed by atoms with van der Waals surface area (Å²) in [4.78, 5) is 29.4. The highest BCUT2D eigenvalue weighted by molar-refractivity contribution is 7.15. The van der Waals surface area contributed by atoms with Crippen molar-refractivity contribution in [2.24, 2.45) is 11.7 Å². The number of rotatable bonds is 3. The molecule has 0 aliphatic heterocycles. The van der Waals surface area contributed by atoms with Gasteiger partial charge in [0.05, 0.1) is 0 Å². The molecule has 3 N–H and O–H groups in total. The van der Waals surface area contributed by atoms with Crippen LogP contribution in [0.25, 0.3) is 4.96 Å². The summed E-state index contributed by atoms with van der Waals surface area (Å²) < 4.78 is 1.40. The molecule has 0 saturated heterocycles. The molecular formula is C14H19ClN4O2S. The molecule has 2 atom stereocenters. The number of nitrogens with one attached hydrogen (secondary N) is 1. The van der Waals surface area contributed by atoms with E-state index >= 15 is 0 Å². The van der Waals surface area contributed by atoms with Crippen LogP contribution < -0.4 is 16.6 Å². The number of carbonyl (C=O) groups excluding carboxylic acids is 1. The van der Waals surface area contributed by atoms with E-state index in [0.29, 0.717) is 17.4 Å². The molecule has 1 amide bonds. The SMILES string of the molecule is Cl.NCC1CCCCC1NC(=O)c1cnc2sccn2c1=O. The first kappa shape index (κ1) is 16.9. The molecule has 1 fully saturated rings. The lowest BCUT2D eigenvalue weighted by Gasteiger charge is -2.31. The molecule has 2 heterocycles. The lowest BCUT2D eigenvalue weighted by molar-refractivity contribution is 0.0906. The van der Waals surface area contributed by atoms with Gasteiger partial charge >= 0.3 is 0 Å². The van der Waals surface area contributed by atoms with E-state index in [4.69, 9.17) is 5.73 Å². The van der Waals surface area contributed by atoms with Gasteiger partial charge in [-0.1, -0.05) is 12.8 Å². The van der Waals surface area contributed by atoms with Gasteiger partial charge in [0.15, 0.2) is 4.96 Å². The Bertz CT molecular complexity index is 714. The Kier molecular flexibility index (Phi) is 5.55. The van der Waals surface area contributed by atoms with E-state index in [2.05, 4.69) is 10.3 Å². The highest BCUT2D eigenvalue weighted by Gasteiger charge is 2.26. The minimum absolute atomic E-state index is 0. The Morgan fingerprint density at radius 3 is 3.00 bits per heavy atom. The van der Waals surface area contributed by atoms with Crippen molar-refractivity contribution in [2.45, 2.75) is 31.7 Å². The van der Waals surface area contributed by atoms with Crippen LogP contribution in [0.15, 0.2) is 22.6 Å². The second kappa shape index (κ2) is 7.21. The second-order valence-corrected chi connectivity index (χ2v) is 6.27. The zero-order valence-corrected chi connectivity index (χ0v) is 13.7. The van der Waals surface area contributed by atoms with Gasteiger partial charge in [-0.25, -0.2) is 4.98 Å². The number of thiazole rings is 1. The maximum atomic E-state index is 12.4. The molecule has 2 aromatic heterocycles. The molecule has 6 nitrogen and oxygen atoms in total. The number of carbonyl (C=O) groups is 1. The van der Waals surface area contributed by atoms with Gasteiger partial charge in [0.1, 0.15) is 5.56 Å². The topological polar surface area (TPSA) is 89.5 Å². The van der Waals surface area contributed by atoms with Gasteiger partial charge in [0, 0.05) is 23.8 Å². The number of fused-ring (bicyclic) bond motifs is 1. The van der Waals surface area contributed by atoms with E-state index in [-0.39, 0.29) is 35.5 Å². The second-order valence-electron chi connectivity index (χ2n) is 5.39. The fraction of sp³-hybridized carbons (Fsp3) is 0.500.